The number of carbonyl (C=O) groups excluding carboxylic acids is 1. The number of hydrogen-bond acceptors (Lipinski definition) is 2. The zero-order valence-corrected chi connectivity index (χ0v) is 14.8. The van der Waals surface area contributed by atoms with E-state index in [0.29, 0.717) is 5.41 Å². The number of piperidine rings is 1. The second-order valence-electron chi connectivity index (χ2n) is 7.37. The molecule has 3 nitrogen and oxygen atoms in total. The van der Waals surface area contributed by atoms with E-state index in [2.05, 4.69) is 22.8 Å². The number of benzene rings is 1. The number of rotatable bonds is 4. The Labute approximate surface area is 149 Å². The van der Waals surface area contributed by atoms with Gasteiger partial charge in [-0.25, -0.2) is 0 Å². The van der Waals surface area contributed by atoms with Crippen LogP contribution in [-0.4, -0.2) is 25.5 Å². The van der Waals surface area contributed by atoms with E-state index in [-0.39, 0.29) is 29.6 Å². The molecule has 0 radical (unpaired) electrons. The van der Waals surface area contributed by atoms with Crippen molar-refractivity contribution in [1.82, 2.24) is 10.6 Å². The minimum Gasteiger partial charge on any atom is -0.355 e. The molecular weight excluding hydrogens is 331 g/mol. The molecule has 1 saturated heterocycles. The van der Waals surface area contributed by atoms with Crippen molar-refractivity contribution >= 4 is 29.9 Å². The summed E-state index contributed by atoms with van der Waals surface area (Å²) in [5, 5.41) is 7.40. The van der Waals surface area contributed by atoms with Crippen LogP contribution in [0.2, 0.25) is 5.02 Å². The normalized spacial score (nSPS) is 26.2. The van der Waals surface area contributed by atoms with Crippen molar-refractivity contribution < 1.29 is 4.79 Å². The molecule has 3 aliphatic rings. The van der Waals surface area contributed by atoms with E-state index in [1.165, 1.54) is 5.56 Å². The lowest BCUT2D eigenvalue weighted by Crippen LogP contribution is -2.36. The first-order valence-corrected chi connectivity index (χ1v) is 8.76. The van der Waals surface area contributed by atoms with Gasteiger partial charge in [0.25, 0.3) is 0 Å². The summed E-state index contributed by atoms with van der Waals surface area (Å²) in [6.45, 7) is 2.91. The van der Waals surface area contributed by atoms with Crippen molar-refractivity contribution in [3.63, 3.8) is 0 Å². The summed E-state index contributed by atoms with van der Waals surface area (Å²) >= 11 is 5.97. The molecule has 1 aromatic carbocycles. The van der Waals surface area contributed by atoms with Gasteiger partial charge in [-0.1, -0.05) is 23.7 Å². The standard InChI is InChI=1S/C18H23ClN2O.ClH/c19-14-3-1-13(2-4-14)18(5-6-18)12-21-16(22)15-11-17(15)7-9-20-10-8-17;/h1-4,15,20H,5-12H2,(H,21,22);1H. The summed E-state index contributed by atoms with van der Waals surface area (Å²) in [5.41, 5.74) is 1.80. The smallest absolute Gasteiger partial charge is 0.223 e. The van der Waals surface area contributed by atoms with Crippen molar-refractivity contribution in [2.24, 2.45) is 11.3 Å². The van der Waals surface area contributed by atoms with Gasteiger partial charge in [-0.2, -0.15) is 0 Å². The van der Waals surface area contributed by atoms with Gasteiger partial charge in [0.1, 0.15) is 0 Å². The summed E-state index contributed by atoms with van der Waals surface area (Å²) in [4.78, 5) is 12.5. The minimum absolute atomic E-state index is 0. The van der Waals surface area contributed by atoms with E-state index in [1.807, 2.05) is 12.1 Å². The number of nitrogens with one attached hydrogen (secondary N) is 2. The Morgan fingerprint density at radius 1 is 1.17 bits per heavy atom. The van der Waals surface area contributed by atoms with Crippen molar-refractivity contribution in [2.45, 2.75) is 37.5 Å². The lowest BCUT2D eigenvalue weighted by atomic mass is 9.91. The third kappa shape index (κ3) is 3.24. The van der Waals surface area contributed by atoms with Gasteiger partial charge in [0.2, 0.25) is 5.91 Å². The van der Waals surface area contributed by atoms with E-state index in [4.69, 9.17) is 11.6 Å². The van der Waals surface area contributed by atoms with Gasteiger partial charge >= 0.3 is 0 Å². The number of amides is 1. The Balaban J connectivity index is 0.00000156. The molecule has 2 N–H and O–H groups in total. The Bertz CT molecular complexity index is 577. The van der Waals surface area contributed by atoms with E-state index in [0.717, 1.165) is 56.8 Å². The van der Waals surface area contributed by atoms with Crippen molar-refractivity contribution in [1.29, 1.82) is 0 Å². The quantitative estimate of drug-likeness (QED) is 0.870. The molecule has 1 amide bonds. The molecule has 1 atom stereocenters. The molecule has 1 spiro atoms. The molecule has 4 rings (SSSR count). The number of carbonyl (C=O) groups is 1. The fourth-order valence-electron chi connectivity index (χ4n) is 4.10. The second kappa shape index (κ2) is 6.27. The van der Waals surface area contributed by atoms with Gasteiger partial charge in [-0.15, -0.1) is 12.4 Å². The van der Waals surface area contributed by atoms with Crippen LogP contribution in [0.1, 0.15) is 37.7 Å². The fraction of sp³-hybridized carbons (Fsp3) is 0.611. The van der Waals surface area contributed by atoms with Gasteiger partial charge in [0.15, 0.2) is 0 Å². The zero-order valence-electron chi connectivity index (χ0n) is 13.2. The topological polar surface area (TPSA) is 41.1 Å². The van der Waals surface area contributed by atoms with E-state index >= 15 is 0 Å². The Hall–Kier alpha value is -0.770. The average molecular weight is 355 g/mol. The summed E-state index contributed by atoms with van der Waals surface area (Å²) < 4.78 is 0. The average Bonchev–Trinajstić information content (AvgIpc) is 3.44. The molecule has 3 fully saturated rings. The molecule has 1 unspecified atom stereocenters. The number of hydrogen-bond donors (Lipinski definition) is 2. The SMILES string of the molecule is Cl.O=C(NCC1(c2ccc(Cl)cc2)CC1)C1CC12CCNCC2. The summed E-state index contributed by atoms with van der Waals surface area (Å²) in [7, 11) is 0. The van der Waals surface area contributed by atoms with Crippen LogP contribution in [0.3, 0.4) is 0 Å². The van der Waals surface area contributed by atoms with Crippen LogP contribution >= 0.6 is 24.0 Å². The van der Waals surface area contributed by atoms with E-state index < -0.39 is 0 Å². The fourth-order valence-corrected chi connectivity index (χ4v) is 4.22. The van der Waals surface area contributed by atoms with Crippen molar-refractivity contribution in [3.8, 4) is 0 Å². The third-order valence-electron chi connectivity index (χ3n) is 6.02. The monoisotopic (exact) mass is 354 g/mol. The van der Waals surface area contributed by atoms with Gasteiger partial charge in [0.05, 0.1) is 0 Å². The first kappa shape index (κ1) is 17.1. The maximum Gasteiger partial charge on any atom is 0.223 e. The summed E-state index contributed by atoms with van der Waals surface area (Å²) in [6.07, 6.45) is 5.73. The molecule has 126 valence electrons. The predicted molar refractivity (Wildman–Crippen MR) is 95.3 cm³/mol. The van der Waals surface area contributed by atoms with Crippen LogP contribution in [0, 0.1) is 11.3 Å². The van der Waals surface area contributed by atoms with Crippen molar-refractivity contribution in [3.05, 3.63) is 34.9 Å². The Kier molecular flexibility index (Phi) is 4.65. The maximum atomic E-state index is 12.5. The molecule has 5 heteroatoms. The van der Waals surface area contributed by atoms with Gasteiger partial charge in [-0.05, 0) is 68.3 Å². The van der Waals surface area contributed by atoms with Crippen molar-refractivity contribution in [2.75, 3.05) is 19.6 Å². The van der Waals surface area contributed by atoms with Crippen LogP contribution in [-0.2, 0) is 10.2 Å². The molecule has 23 heavy (non-hydrogen) atoms. The highest BCUT2D eigenvalue weighted by Crippen LogP contribution is 2.58. The van der Waals surface area contributed by atoms with Crippen LogP contribution in [0.25, 0.3) is 0 Å². The van der Waals surface area contributed by atoms with Gasteiger partial charge in [0, 0.05) is 22.9 Å². The third-order valence-corrected chi connectivity index (χ3v) is 6.27. The highest BCUT2D eigenvalue weighted by molar-refractivity contribution is 6.30. The highest BCUT2D eigenvalue weighted by atomic mass is 35.5. The molecule has 1 aromatic rings. The Morgan fingerprint density at radius 2 is 1.83 bits per heavy atom. The van der Waals surface area contributed by atoms with Crippen LogP contribution < -0.4 is 10.6 Å². The van der Waals surface area contributed by atoms with Crippen LogP contribution in [0.15, 0.2) is 24.3 Å². The van der Waals surface area contributed by atoms with Crippen LogP contribution in [0.4, 0.5) is 0 Å². The largest absolute Gasteiger partial charge is 0.355 e. The second-order valence-corrected chi connectivity index (χ2v) is 7.81. The molecule has 0 bridgehead atoms. The minimum atomic E-state index is 0. The van der Waals surface area contributed by atoms with Gasteiger partial charge in [-0.3, -0.25) is 4.79 Å². The molecule has 1 heterocycles. The molecule has 2 saturated carbocycles. The molecular formula is C18H24Cl2N2O. The van der Waals surface area contributed by atoms with E-state index in [1.54, 1.807) is 0 Å². The maximum absolute atomic E-state index is 12.5. The van der Waals surface area contributed by atoms with E-state index in [9.17, 15) is 4.79 Å². The first-order valence-electron chi connectivity index (χ1n) is 8.38. The van der Waals surface area contributed by atoms with Gasteiger partial charge < -0.3 is 10.6 Å². The first-order chi connectivity index (χ1) is 10.6. The molecule has 0 aromatic heterocycles. The zero-order chi connectivity index (χ0) is 15.2. The predicted octanol–water partition coefficient (Wildman–Crippen LogP) is 3.30. The lowest BCUT2D eigenvalue weighted by Gasteiger charge is -2.23. The van der Waals surface area contributed by atoms with Crippen LogP contribution in [0.5, 0.6) is 0 Å². The molecule has 2 aliphatic carbocycles. The highest BCUT2D eigenvalue weighted by Gasteiger charge is 2.58. The lowest BCUT2D eigenvalue weighted by molar-refractivity contribution is -0.123. The molecule has 1 aliphatic heterocycles. The summed E-state index contributed by atoms with van der Waals surface area (Å²) in [6, 6.07) is 8.10. The summed E-state index contributed by atoms with van der Waals surface area (Å²) in [5.74, 6) is 0.540. The Morgan fingerprint density at radius 3 is 2.43 bits per heavy atom. The number of halogens is 2.